The first-order chi connectivity index (χ1) is 16.5. The lowest BCUT2D eigenvalue weighted by molar-refractivity contribution is -0.384. The Labute approximate surface area is 196 Å². The smallest absolute Gasteiger partial charge is 0.273 e. The molecule has 1 N–H and O–H groups in total. The number of nitro benzene ring substituents is 1. The second-order valence-corrected chi connectivity index (χ2v) is 7.92. The number of ether oxygens (including phenoxy) is 2. The third kappa shape index (κ3) is 5.06. The number of carbonyl (C=O) groups excluding carboxylic acids is 1. The molecule has 0 spiro atoms. The summed E-state index contributed by atoms with van der Waals surface area (Å²) in [6.07, 6.45) is 1.56. The van der Waals surface area contributed by atoms with Crippen LogP contribution in [0.3, 0.4) is 0 Å². The maximum atomic E-state index is 12.9. The molecular formula is C24H25N5O5. The van der Waals surface area contributed by atoms with Gasteiger partial charge in [0.2, 0.25) is 5.91 Å². The van der Waals surface area contributed by atoms with Crippen LogP contribution in [0, 0.1) is 16.0 Å². The number of carbonyl (C=O) groups is 1. The Morgan fingerprint density at radius 3 is 2.53 bits per heavy atom. The van der Waals surface area contributed by atoms with Gasteiger partial charge in [-0.25, -0.2) is 0 Å². The Bertz CT molecular complexity index is 1170. The number of benzene rings is 2. The lowest BCUT2D eigenvalue weighted by Gasteiger charge is -2.32. The molecule has 0 bridgehead atoms. The fraction of sp³-hybridized carbons (Fsp3) is 0.292. The van der Waals surface area contributed by atoms with E-state index in [1.165, 1.54) is 25.3 Å². The first-order valence-corrected chi connectivity index (χ1v) is 10.8. The zero-order valence-electron chi connectivity index (χ0n) is 18.9. The van der Waals surface area contributed by atoms with E-state index in [0.29, 0.717) is 18.1 Å². The Balaban J connectivity index is 1.42. The van der Waals surface area contributed by atoms with Gasteiger partial charge < -0.3 is 19.7 Å². The van der Waals surface area contributed by atoms with Crippen LogP contribution in [0.4, 0.5) is 17.2 Å². The highest BCUT2D eigenvalue weighted by molar-refractivity contribution is 5.94. The van der Waals surface area contributed by atoms with E-state index in [9.17, 15) is 14.9 Å². The Morgan fingerprint density at radius 2 is 1.88 bits per heavy atom. The van der Waals surface area contributed by atoms with Gasteiger partial charge in [0, 0.05) is 24.7 Å². The van der Waals surface area contributed by atoms with E-state index < -0.39 is 4.92 Å². The molecule has 34 heavy (non-hydrogen) atoms. The highest BCUT2D eigenvalue weighted by atomic mass is 16.6. The lowest BCUT2D eigenvalue weighted by Crippen LogP contribution is -2.41. The van der Waals surface area contributed by atoms with Gasteiger partial charge in [0.15, 0.2) is 5.82 Å². The highest BCUT2D eigenvalue weighted by Gasteiger charge is 2.27. The summed E-state index contributed by atoms with van der Waals surface area (Å²) in [4.78, 5) is 25.5. The van der Waals surface area contributed by atoms with Gasteiger partial charge in [0.25, 0.3) is 5.69 Å². The monoisotopic (exact) mass is 463 g/mol. The van der Waals surface area contributed by atoms with E-state index in [2.05, 4.69) is 15.5 Å². The van der Waals surface area contributed by atoms with Crippen molar-refractivity contribution in [1.29, 1.82) is 0 Å². The normalized spacial score (nSPS) is 15.5. The van der Waals surface area contributed by atoms with Gasteiger partial charge in [0.05, 0.1) is 42.5 Å². The van der Waals surface area contributed by atoms with Gasteiger partial charge >= 0.3 is 0 Å². The van der Waals surface area contributed by atoms with Gasteiger partial charge in [-0.2, -0.15) is 0 Å². The molecule has 2 heterocycles. The molecule has 1 saturated heterocycles. The average molecular weight is 463 g/mol. The van der Waals surface area contributed by atoms with Crippen molar-refractivity contribution in [3.05, 3.63) is 64.7 Å². The molecule has 1 unspecified atom stereocenters. The number of non-ortho nitro benzene ring substituents is 1. The van der Waals surface area contributed by atoms with Crippen LogP contribution >= 0.6 is 0 Å². The first-order valence-electron chi connectivity index (χ1n) is 10.8. The average Bonchev–Trinajstić information content (AvgIpc) is 2.89. The van der Waals surface area contributed by atoms with Crippen molar-refractivity contribution in [1.82, 2.24) is 10.2 Å². The van der Waals surface area contributed by atoms with E-state index in [1.54, 1.807) is 7.11 Å². The maximum absolute atomic E-state index is 12.9. The summed E-state index contributed by atoms with van der Waals surface area (Å²) in [5.74, 6) is 1.30. The summed E-state index contributed by atoms with van der Waals surface area (Å²) < 4.78 is 10.4. The number of hydrogen-bond acceptors (Lipinski definition) is 8. The Hall–Kier alpha value is -4.21. The van der Waals surface area contributed by atoms with Gasteiger partial charge in [-0.3, -0.25) is 14.9 Å². The van der Waals surface area contributed by atoms with Crippen LogP contribution in [0.25, 0.3) is 11.3 Å². The largest absolute Gasteiger partial charge is 0.497 e. The summed E-state index contributed by atoms with van der Waals surface area (Å²) in [6, 6.07) is 15.5. The number of rotatable bonds is 7. The van der Waals surface area contributed by atoms with Crippen LogP contribution < -0.4 is 19.7 Å². The van der Waals surface area contributed by atoms with Crippen LogP contribution in [-0.2, 0) is 4.79 Å². The second kappa shape index (κ2) is 10.2. The predicted molar refractivity (Wildman–Crippen MR) is 127 cm³/mol. The number of anilines is 2. The standard InChI is InChI=1S/C24H25N5O5/c1-33-19-8-5-16(6-9-19)20-11-12-23(27-26-20)28-13-3-4-17(15-28)24(30)25-21-10-7-18(29(31)32)14-22(21)34-2/h5-12,14,17H,3-4,13,15H2,1-2H3,(H,25,30). The minimum absolute atomic E-state index is 0.102. The summed E-state index contributed by atoms with van der Waals surface area (Å²) in [7, 11) is 3.03. The fourth-order valence-electron chi connectivity index (χ4n) is 3.94. The van der Waals surface area contributed by atoms with E-state index in [-0.39, 0.29) is 23.3 Å². The van der Waals surface area contributed by atoms with Crippen LogP contribution in [-0.4, -0.2) is 48.3 Å². The fourth-order valence-corrected chi connectivity index (χ4v) is 3.94. The van der Waals surface area contributed by atoms with Gasteiger partial charge in [-0.05, 0) is 55.3 Å². The van der Waals surface area contributed by atoms with E-state index >= 15 is 0 Å². The van der Waals surface area contributed by atoms with Crippen molar-refractivity contribution in [3.63, 3.8) is 0 Å². The molecule has 10 nitrogen and oxygen atoms in total. The third-order valence-electron chi connectivity index (χ3n) is 5.81. The van der Waals surface area contributed by atoms with Gasteiger partial charge in [-0.15, -0.1) is 10.2 Å². The zero-order chi connectivity index (χ0) is 24.1. The van der Waals surface area contributed by atoms with Crippen LogP contribution in [0.2, 0.25) is 0 Å². The van der Waals surface area contributed by atoms with Gasteiger partial charge in [-0.1, -0.05) is 0 Å². The van der Waals surface area contributed by atoms with Crippen molar-refractivity contribution < 1.29 is 19.2 Å². The molecular weight excluding hydrogens is 438 g/mol. The van der Waals surface area contributed by atoms with Gasteiger partial charge in [0.1, 0.15) is 11.5 Å². The number of methoxy groups -OCH3 is 2. The van der Waals surface area contributed by atoms with Crippen LogP contribution in [0.5, 0.6) is 11.5 Å². The summed E-state index contributed by atoms with van der Waals surface area (Å²) in [5.41, 5.74) is 1.99. The molecule has 1 aliphatic heterocycles. The number of nitrogens with zero attached hydrogens (tertiary/aromatic N) is 4. The first kappa shape index (κ1) is 23.0. The molecule has 1 amide bonds. The number of amides is 1. The molecule has 3 aromatic rings. The quantitative estimate of drug-likeness (QED) is 0.413. The summed E-state index contributed by atoms with van der Waals surface area (Å²) in [6.45, 7) is 1.28. The maximum Gasteiger partial charge on any atom is 0.273 e. The van der Waals surface area contributed by atoms with Crippen molar-refractivity contribution in [2.75, 3.05) is 37.5 Å². The molecule has 1 aliphatic rings. The SMILES string of the molecule is COc1ccc(-c2ccc(N3CCCC(C(=O)Nc4ccc([N+](=O)[O-])cc4OC)C3)nn2)cc1. The van der Waals surface area contributed by atoms with Crippen LogP contribution in [0.15, 0.2) is 54.6 Å². The topological polar surface area (TPSA) is 120 Å². The van der Waals surface area contributed by atoms with E-state index in [1.807, 2.05) is 41.3 Å². The van der Waals surface area contributed by atoms with E-state index in [4.69, 9.17) is 9.47 Å². The van der Waals surface area contributed by atoms with Crippen molar-refractivity contribution in [3.8, 4) is 22.8 Å². The minimum Gasteiger partial charge on any atom is -0.497 e. The number of hydrogen-bond donors (Lipinski definition) is 1. The molecule has 10 heteroatoms. The molecule has 2 aromatic carbocycles. The number of nitrogens with one attached hydrogen (secondary N) is 1. The molecule has 4 rings (SSSR count). The number of nitro groups is 1. The Morgan fingerprint density at radius 1 is 1.09 bits per heavy atom. The molecule has 176 valence electrons. The molecule has 1 aromatic heterocycles. The molecule has 1 fully saturated rings. The minimum atomic E-state index is -0.506. The van der Waals surface area contributed by atoms with E-state index in [0.717, 1.165) is 36.4 Å². The summed E-state index contributed by atoms with van der Waals surface area (Å²) in [5, 5.41) is 22.6. The van der Waals surface area contributed by atoms with Crippen molar-refractivity contribution in [2.45, 2.75) is 12.8 Å². The highest BCUT2D eigenvalue weighted by Crippen LogP contribution is 2.31. The van der Waals surface area contributed by atoms with Crippen molar-refractivity contribution >= 4 is 23.1 Å². The number of aromatic nitrogens is 2. The molecule has 0 saturated carbocycles. The molecule has 1 atom stereocenters. The van der Waals surface area contributed by atoms with Crippen molar-refractivity contribution in [2.24, 2.45) is 5.92 Å². The molecule has 0 radical (unpaired) electrons. The Kier molecular flexibility index (Phi) is 6.86. The molecule has 0 aliphatic carbocycles. The summed E-state index contributed by atoms with van der Waals surface area (Å²) >= 11 is 0. The second-order valence-electron chi connectivity index (χ2n) is 7.92. The van der Waals surface area contributed by atoms with Crippen LogP contribution in [0.1, 0.15) is 12.8 Å². The third-order valence-corrected chi connectivity index (χ3v) is 5.81. The predicted octanol–water partition coefficient (Wildman–Crippen LogP) is 3.92. The number of piperidine rings is 1. The zero-order valence-corrected chi connectivity index (χ0v) is 18.9. The lowest BCUT2D eigenvalue weighted by atomic mass is 9.97.